The zero-order valence-electron chi connectivity index (χ0n) is 8.14. The highest BCUT2D eigenvalue weighted by molar-refractivity contribution is 7.20. The summed E-state index contributed by atoms with van der Waals surface area (Å²) in [5, 5.41) is 0. The van der Waals surface area contributed by atoms with Gasteiger partial charge in [-0.05, 0) is 18.2 Å². The van der Waals surface area contributed by atoms with Crippen molar-refractivity contribution in [1.29, 1.82) is 0 Å². The first kappa shape index (κ1) is 12.5. The molecule has 0 atom stereocenters. The summed E-state index contributed by atoms with van der Waals surface area (Å²) in [4.78, 5) is 11.9. The van der Waals surface area contributed by atoms with E-state index in [1.54, 1.807) is 0 Å². The first-order valence-corrected chi connectivity index (χ1v) is 6.00. The molecule has 0 amide bonds. The average molecular weight is 293 g/mol. The Labute approximate surface area is 110 Å². The minimum atomic E-state index is -0.814. The number of ketones is 1. The third-order valence-electron chi connectivity index (χ3n) is 2.03. The van der Waals surface area contributed by atoms with Gasteiger partial charge in [0.25, 0.3) is 0 Å². The van der Waals surface area contributed by atoms with Crippen molar-refractivity contribution in [2.45, 2.75) is 0 Å². The lowest BCUT2D eigenvalue weighted by Crippen LogP contribution is -2.01. The van der Waals surface area contributed by atoms with Crippen LogP contribution in [0.4, 0.5) is 8.78 Å². The first-order valence-electron chi connectivity index (χ1n) is 4.43. The van der Waals surface area contributed by atoms with Crippen LogP contribution in [0.1, 0.15) is 15.9 Å². The zero-order valence-corrected chi connectivity index (χ0v) is 10.5. The van der Waals surface area contributed by atoms with E-state index in [1.807, 2.05) is 0 Å². The molecule has 0 spiro atoms. The summed E-state index contributed by atoms with van der Waals surface area (Å²) in [6.07, 6.45) is 0. The van der Waals surface area contributed by atoms with Gasteiger partial charge in [-0.25, -0.2) is 8.78 Å². The first-order chi connectivity index (χ1) is 7.97. The van der Waals surface area contributed by atoms with Gasteiger partial charge in [0.15, 0.2) is 5.78 Å². The molecule has 0 aliphatic carbocycles. The van der Waals surface area contributed by atoms with Gasteiger partial charge in [-0.3, -0.25) is 4.79 Å². The summed E-state index contributed by atoms with van der Waals surface area (Å²) < 4.78 is 26.5. The van der Waals surface area contributed by atoms with Crippen molar-refractivity contribution in [2.75, 3.05) is 0 Å². The molecule has 0 fully saturated rings. The highest BCUT2D eigenvalue weighted by Crippen LogP contribution is 2.32. The molecule has 0 radical (unpaired) electrons. The average Bonchev–Trinajstić information content (AvgIpc) is 2.55. The van der Waals surface area contributed by atoms with Crippen molar-refractivity contribution in [1.82, 2.24) is 0 Å². The molecule has 0 unspecified atom stereocenters. The van der Waals surface area contributed by atoms with Crippen LogP contribution in [0, 0.1) is 11.6 Å². The molecular formula is C11H4Cl2F2OS. The standard InChI is InChI=1S/C11H4Cl2F2OS/c12-9-4-8(11(13)17-9)10(16)5-1-6(14)3-7(15)2-5/h1-4H. The third-order valence-corrected chi connectivity index (χ3v) is 3.51. The van der Waals surface area contributed by atoms with Crippen molar-refractivity contribution in [2.24, 2.45) is 0 Å². The Morgan fingerprint density at radius 1 is 1.06 bits per heavy atom. The highest BCUT2D eigenvalue weighted by Gasteiger charge is 2.17. The van der Waals surface area contributed by atoms with Crippen LogP contribution in [0.3, 0.4) is 0 Å². The van der Waals surface area contributed by atoms with Gasteiger partial charge in [-0.2, -0.15) is 0 Å². The van der Waals surface area contributed by atoms with Gasteiger partial charge in [0.05, 0.1) is 9.90 Å². The maximum absolute atomic E-state index is 13.0. The smallest absolute Gasteiger partial charge is 0.195 e. The topological polar surface area (TPSA) is 17.1 Å². The van der Waals surface area contributed by atoms with Crippen LogP contribution in [-0.2, 0) is 0 Å². The molecule has 6 heteroatoms. The van der Waals surface area contributed by atoms with Crippen LogP contribution >= 0.6 is 34.5 Å². The van der Waals surface area contributed by atoms with Crippen LogP contribution < -0.4 is 0 Å². The molecule has 88 valence electrons. The van der Waals surface area contributed by atoms with Crippen LogP contribution in [0.2, 0.25) is 8.67 Å². The summed E-state index contributed by atoms with van der Waals surface area (Å²) in [6, 6.07) is 3.97. The second-order valence-corrected chi connectivity index (χ2v) is 5.51. The molecule has 0 N–H and O–H groups in total. The molecule has 2 aromatic rings. The van der Waals surface area contributed by atoms with E-state index in [1.165, 1.54) is 6.07 Å². The number of hydrogen-bond donors (Lipinski definition) is 0. The quantitative estimate of drug-likeness (QED) is 0.742. The Balaban J connectivity index is 2.47. The Bertz CT molecular complexity index is 575. The molecule has 0 saturated heterocycles. The lowest BCUT2D eigenvalue weighted by atomic mass is 10.1. The Morgan fingerprint density at radius 2 is 1.65 bits per heavy atom. The SMILES string of the molecule is O=C(c1cc(F)cc(F)c1)c1cc(Cl)sc1Cl. The minimum Gasteiger partial charge on any atom is -0.289 e. The van der Waals surface area contributed by atoms with Gasteiger partial charge in [-0.15, -0.1) is 11.3 Å². The molecule has 1 heterocycles. The summed E-state index contributed by atoms with van der Waals surface area (Å²) in [6.45, 7) is 0. The molecule has 0 aliphatic rings. The number of rotatable bonds is 2. The van der Waals surface area contributed by atoms with Crippen LogP contribution in [0.25, 0.3) is 0 Å². The number of hydrogen-bond acceptors (Lipinski definition) is 2. The Kier molecular flexibility index (Phi) is 3.47. The van der Waals surface area contributed by atoms with Crippen LogP contribution in [0.5, 0.6) is 0 Å². The summed E-state index contributed by atoms with van der Waals surface area (Å²) in [7, 11) is 0. The molecular weight excluding hydrogens is 289 g/mol. The van der Waals surface area contributed by atoms with Gasteiger partial charge >= 0.3 is 0 Å². The van der Waals surface area contributed by atoms with Crippen LogP contribution in [0.15, 0.2) is 24.3 Å². The number of thiophene rings is 1. The minimum absolute atomic E-state index is 0.0983. The highest BCUT2D eigenvalue weighted by atomic mass is 35.5. The lowest BCUT2D eigenvalue weighted by Gasteiger charge is -2.00. The lowest BCUT2D eigenvalue weighted by molar-refractivity contribution is 0.103. The fraction of sp³-hybridized carbons (Fsp3) is 0. The zero-order chi connectivity index (χ0) is 12.6. The van der Waals surface area contributed by atoms with Gasteiger partial charge < -0.3 is 0 Å². The van der Waals surface area contributed by atoms with E-state index in [-0.39, 0.29) is 15.5 Å². The van der Waals surface area contributed by atoms with Crippen molar-refractivity contribution in [3.8, 4) is 0 Å². The van der Waals surface area contributed by atoms with Crippen molar-refractivity contribution in [3.05, 3.63) is 55.7 Å². The number of carbonyl (C=O) groups is 1. The van der Waals surface area contributed by atoms with Crippen molar-refractivity contribution < 1.29 is 13.6 Å². The molecule has 1 aromatic heterocycles. The van der Waals surface area contributed by atoms with E-state index < -0.39 is 17.4 Å². The monoisotopic (exact) mass is 292 g/mol. The number of halogens is 4. The maximum Gasteiger partial charge on any atom is 0.195 e. The predicted molar refractivity (Wildman–Crippen MR) is 64.1 cm³/mol. The normalized spacial score (nSPS) is 10.6. The Morgan fingerprint density at radius 3 is 2.12 bits per heavy atom. The summed E-state index contributed by atoms with van der Waals surface area (Å²) in [5.74, 6) is -2.19. The number of benzene rings is 1. The predicted octanol–water partition coefficient (Wildman–Crippen LogP) is 4.56. The fourth-order valence-corrected chi connectivity index (χ4v) is 2.79. The number of carbonyl (C=O) groups excluding carboxylic acids is 1. The van der Waals surface area contributed by atoms with E-state index in [0.717, 1.165) is 23.5 Å². The Hall–Kier alpha value is -0.970. The third kappa shape index (κ3) is 2.65. The van der Waals surface area contributed by atoms with Gasteiger partial charge in [-0.1, -0.05) is 23.2 Å². The summed E-state index contributed by atoms with van der Waals surface area (Å²) in [5.41, 5.74) is 0.0468. The van der Waals surface area contributed by atoms with Gasteiger partial charge in [0.2, 0.25) is 0 Å². The van der Waals surface area contributed by atoms with Crippen molar-refractivity contribution >= 4 is 40.3 Å². The van der Waals surface area contributed by atoms with Gasteiger partial charge in [0, 0.05) is 11.6 Å². The van der Waals surface area contributed by atoms with E-state index in [9.17, 15) is 13.6 Å². The van der Waals surface area contributed by atoms with E-state index in [4.69, 9.17) is 23.2 Å². The molecule has 17 heavy (non-hydrogen) atoms. The largest absolute Gasteiger partial charge is 0.289 e. The molecule has 0 aliphatic heterocycles. The molecule has 1 nitrogen and oxygen atoms in total. The van der Waals surface area contributed by atoms with Crippen molar-refractivity contribution in [3.63, 3.8) is 0 Å². The van der Waals surface area contributed by atoms with Gasteiger partial charge in [0.1, 0.15) is 16.0 Å². The van der Waals surface area contributed by atoms with E-state index in [0.29, 0.717) is 10.4 Å². The summed E-state index contributed by atoms with van der Waals surface area (Å²) >= 11 is 12.5. The van der Waals surface area contributed by atoms with E-state index in [2.05, 4.69) is 0 Å². The molecule has 0 saturated carbocycles. The van der Waals surface area contributed by atoms with E-state index >= 15 is 0 Å². The second kappa shape index (κ2) is 4.72. The second-order valence-electron chi connectivity index (χ2n) is 3.23. The fourth-order valence-electron chi connectivity index (χ4n) is 1.34. The molecule has 0 bridgehead atoms. The molecule has 1 aromatic carbocycles. The molecule has 2 rings (SSSR count). The van der Waals surface area contributed by atoms with Crippen LogP contribution in [-0.4, -0.2) is 5.78 Å². The maximum atomic E-state index is 13.0.